The molecule has 0 bridgehead atoms. The van der Waals surface area contributed by atoms with Crippen molar-refractivity contribution in [1.82, 2.24) is 14.5 Å². The Morgan fingerprint density at radius 2 is 2.00 bits per heavy atom. The summed E-state index contributed by atoms with van der Waals surface area (Å²) in [6.07, 6.45) is 3.74. The second-order valence-electron chi connectivity index (χ2n) is 5.42. The highest BCUT2D eigenvalue weighted by atomic mass is 35.5. The normalized spacial score (nSPS) is 12.8. The Labute approximate surface area is 129 Å². The lowest BCUT2D eigenvalue weighted by Gasteiger charge is -2.12. The zero-order valence-electron chi connectivity index (χ0n) is 12.5. The highest BCUT2D eigenvalue weighted by Gasteiger charge is 2.16. The van der Waals surface area contributed by atoms with Crippen LogP contribution in [0.15, 0.2) is 36.7 Å². The number of alkyl halides is 1. The van der Waals surface area contributed by atoms with Crippen molar-refractivity contribution in [3.05, 3.63) is 59.2 Å². The van der Waals surface area contributed by atoms with E-state index >= 15 is 0 Å². The van der Waals surface area contributed by atoms with E-state index in [1.54, 1.807) is 0 Å². The SMILES string of the molecule is Cc1ccncc1Cn1c(C(C)Cl)nc2c(C)cccc21. The van der Waals surface area contributed by atoms with Crippen LogP contribution in [0.4, 0.5) is 0 Å². The number of hydrogen-bond donors (Lipinski definition) is 0. The Morgan fingerprint density at radius 1 is 1.19 bits per heavy atom. The van der Waals surface area contributed by atoms with Crippen molar-refractivity contribution >= 4 is 22.6 Å². The van der Waals surface area contributed by atoms with Crippen LogP contribution in [-0.2, 0) is 6.54 Å². The number of hydrogen-bond acceptors (Lipinski definition) is 2. The number of aromatic nitrogens is 3. The van der Waals surface area contributed by atoms with Crippen molar-refractivity contribution < 1.29 is 0 Å². The topological polar surface area (TPSA) is 30.7 Å². The molecule has 108 valence electrons. The van der Waals surface area contributed by atoms with Gasteiger partial charge in [0.1, 0.15) is 5.82 Å². The monoisotopic (exact) mass is 299 g/mol. The molecule has 0 spiro atoms. The molecule has 0 amide bonds. The number of fused-ring (bicyclic) bond motifs is 1. The molecule has 0 aliphatic carbocycles. The van der Waals surface area contributed by atoms with Crippen LogP contribution in [0.25, 0.3) is 11.0 Å². The van der Waals surface area contributed by atoms with Gasteiger partial charge in [-0.2, -0.15) is 0 Å². The molecule has 1 aromatic carbocycles. The smallest absolute Gasteiger partial charge is 0.128 e. The summed E-state index contributed by atoms with van der Waals surface area (Å²) >= 11 is 6.34. The highest BCUT2D eigenvalue weighted by Crippen LogP contribution is 2.27. The Hall–Kier alpha value is -1.87. The minimum Gasteiger partial charge on any atom is -0.322 e. The van der Waals surface area contributed by atoms with Crippen molar-refractivity contribution in [3.63, 3.8) is 0 Å². The first-order valence-corrected chi connectivity index (χ1v) is 7.51. The minimum absolute atomic E-state index is 0.131. The molecule has 2 aromatic heterocycles. The summed E-state index contributed by atoms with van der Waals surface area (Å²) in [6.45, 7) is 6.89. The van der Waals surface area contributed by atoms with Crippen LogP contribution in [0, 0.1) is 13.8 Å². The number of rotatable bonds is 3. The molecule has 1 unspecified atom stereocenters. The summed E-state index contributed by atoms with van der Waals surface area (Å²) in [6, 6.07) is 8.28. The minimum atomic E-state index is -0.131. The van der Waals surface area contributed by atoms with Crippen LogP contribution < -0.4 is 0 Å². The van der Waals surface area contributed by atoms with Gasteiger partial charge in [-0.1, -0.05) is 12.1 Å². The molecule has 0 N–H and O–H groups in total. The van der Waals surface area contributed by atoms with Crippen molar-refractivity contribution in [2.75, 3.05) is 0 Å². The van der Waals surface area contributed by atoms with Gasteiger partial charge in [0.2, 0.25) is 0 Å². The fourth-order valence-electron chi connectivity index (χ4n) is 2.61. The van der Waals surface area contributed by atoms with Crippen LogP contribution in [0.1, 0.15) is 34.8 Å². The van der Waals surface area contributed by atoms with Gasteiger partial charge in [-0.25, -0.2) is 4.98 Å². The van der Waals surface area contributed by atoms with Crippen molar-refractivity contribution in [1.29, 1.82) is 0 Å². The van der Waals surface area contributed by atoms with Gasteiger partial charge in [-0.05, 0) is 49.6 Å². The summed E-state index contributed by atoms with van der Waals surface area (Å²) in [5, 5.41) is -0.131. The number of benzene rings is 1. The molecule has 4 heteroatoms. The lowest BCUT2D eigenvalue weighted by Crippen LogP contribution is -2.07. The van der Waals surface area contributed by atoms with Gasteiger partial charge < -0.3 is 4.57 Å². The van der Waals surface area contributed by atoms with Gasteiger partial charge >= 0.3 is 0 Å². The first kappa shape index (κ1) is 14.1. The Kier molecular flexibility index (Phi) is 3.68. The number of imidazole rings is 1. The molecule has 0 fully saturated rings. The predicted octanol–water partition coefficient (Wildman–Crippen LogP) is 4.40. The zero-order chi connectivity index (χ0) is 15.0. The maximum Gasteiger partial charge on any atom is 0.128 e. The average Bonchev–Trinajstić information content (AvgIpc) is 2.82. The second-order valence-corrected chi connectivity index (χ2v) is 6.07. The maximum atomic E-state index is 6.34. The van der Waals surface area contributed by atoms with Crippen LogP contribution in [0.5, 0.6) is 0 Å². The van der Waals surface area contributed by atoms with E-state index in [0.29, 0.717) is 0 Å². The fourth-order valence-corrected chi connectivity index (χ4v) is 2.77. The molecule has 2 heterocycles. The third-order valence-corrected chi connectivity index (χ3v) is 4.04. The van der Waals surface area contributed by atoms with Crippen LogP contribution >= 0.6 is 11.6 Å². The number of nitrogens with zero attached hydrogens (tertiary/aromatic N) is 3. The Balaban J connectivity index is 2.19. The molecule has 3 nitrogen and oxygen atoms in total. The second kappa shape index (κ2) is 5.49. The largest absolute Gasteiger partial charge is 0.322 e. The van der Waals surface area contributed by atoms with E-state index in [1.807, 2.05) is 25.4 Å². The molecule has 21 heavy (non-hydrogen) atoms. The van der Waals surface area contributed by atoms with E-state index in [0.717, 1.165) is 23.4 Å². The summed E-state index contributed by atoms with van der Waals surface area (Å²) in [5.41, 5.74) is 5.75. The van der Waals surface area contributed by atoms with E-state index in [9.17, 15) is 0 Å². The van der Waals surface area contributed by atoms with E-state index in [-0.39, 0.29) is 5.38 Å². The van der Waals surface area contributed by atoms with Crippen LogP contribution in [0.3, 0.4) is 0 Å². The summed E-state index contributed by atoms with van der Waals surface area (Å²) in [5.74, 6) is 0.907. The Bertz CT molecular complexity index is 790. The molecule has 1 atom stereocenters. The first-order chi connectivity index (χ1) is 10.1. The van der Waals surface area contributed by atoms with Crippen LogP contribution in [0.2, 0.25) is 0 Å². The summed E-state index contributed by atoms with van der Waals surface area (Å²) < 4.78 is 2.20. The maximum absolute atomic E-state index is 6.34. The third-order valence-electron chi connectivity index (χ3n) is 3.84. The van der Waals surface area contributed by atoms with E-state index in [1.165, 1.54) is 16.7 Å². The van der Waals surface area contributed by atoms with E-state index < -0.39 is 0 Å². The standard InChI is InChI=1S/C17H18ClN3/c1-11-7-8-19-9-14(11)10-21-15-6-4-5-12(2)16(15)20-17(21)13(3)18/h4-9,13H,10H2,1-3H3. The number of halogens is 1. The van der Waals surface area contributed by atoms with Crippen LogP contribution in [-0.4, -0.2) is 14.5 Å². The lowest BCUT2D eigenvalue weighted by molar-refractivity contribution is 0.737. The van der Waals surface area contributed by atoms with Crippen molar-refractivity contribution in [3.8, 4) is 0 Å². The number of aryl methyl sites for hydroxylation is 2. The average molecular weight is 300 g/mol. The van der Waals surface area contributed by atoms with Gasteiger partial charge in [-0.15, -0.1) is 11.6 Å². The summed E-state index contributed by atoms with van der Waals surface area (Å²) in [4.78, 5) is 8.98. The highest BCUT2D eigenvalue weighted by molar-refractivity contribution is 6.20. The van der Waals surface area contributed by atoms with Crippen molar-refractivity contribution in [2.24, 2.45) is 0 Å². The number of pyridine rings is 1. The zero-order valence-corrected chi connectivity index (χ0v) is 13.2. The molecule has 0 saturated heterocycles. The van der Waals surface area contributed by atoms with Gasteiger partial charge in [0.05, 0.1) is 23.0 Å². The predicted molar refractivity (Wildman–Crippen MR) is 86.8 cm³/mol. The third kappa shape index (κ3) is 2.54. The molecule has 3 rings (SSSR count). The Morgan fingerprint density at radius 3 is 2.71 bits per heavy atom. The molecule has 0 aliphatic rings. The number of para-hydroxylation sites is 1. The van der Waals surface area contributed by atoms with Gasteiger partial charge in [0, 0.05) is 12.4 Å². The lowest BCUT2D eigenvalue weighted by atomic mass is 10.1. The fraction of sp³-hybridized carbons (Fsp3) is 0.294. The quantitative estimate of drug-likeness (QED) is 0.671. The molecule has 3 aromatic rings. The molecular weight excluding hydrogens is 282 g/mol. The van der Waals surface area contributed by atoms with Crippen molar-refractivity contribution in [2.45, 2.75) is 32.7 Å². The van der Waals surface area contributed by atoms with Gasteiger partial charge in [0.15, 0.2) is 0 Å². The van der Waals surface area contributed by atoms with E-state index in [2.05, 4.69) is 41.6 Å². The first-order valence-electron chi connectivity index (χ1n) is 7.07. The summed E-state index contributed by atoms with van der Waals surface area (Å²) in [7, 11) is 0. The molecule has 0 radical (unpaired) electrons. The van der Waals surface area contributed by atoms with E-state index in [4.69, 9.17) is 16.6 Å². The molecule has 0 aliphatic heterocycles. The van der Waals surface area contributed by atoms with Gasteiger partial charge in [0.25, 0.3) is 0 Å². The van der Waals surface area contributed by atoms with Gasteiger partial charge in [-0.3, -0.25) is 4.98 Å². The molecular formula is C17H18ClN3. The molecule has 0 saturated carbocycles.